The molecule has 0 saturated heterocycles. The Labute approximate surface area is 201 Å². The highest BCUT2D eigenvalue weighted by Gasteiger charge is 2.69. The van der Waals surface area contributed by atoms with Crippen LogP contribution >= 0.6 is 0 Å². The monoisotopic (exact) mass is 478 g/mol. The number of hydrogen-bond acceptors (Lipinski definition) is 5. The van der Waals surface area contributed by atoms with E-state index in [2.05, 4.69) is 40.8 Å². The zero-order valence-corrected chi connectivity index (χ0v) is 22.9. The maximum Gasteiger partial charge on any atom is 0.192 e. The van der Waals surface area contributed by atoms with Crippen LogP contribution < -0.4 is 0 Å². The normalized spacial score (nSPS) is 45.8. The number of fused-ring (bicyclic) bond motifs is 5. The van der Waals surface area contributed by atoms with E-state index < -0.39 is 31.7 Å². The summed E-state index contributed by atoms with van der Waals surface area (Å²) in [7, 11) is -1.83. The van der Waals surface area contributed by atoms with E-state index in [1.54, 1.807) is 0 Å². The van der Waals surface area contributed by atoms with Crippen molar-refractivity contribution in [3.63, 3.8) is 0 Å². The Morgan fingerprint density at radius 3 is 2.39 bits per heavy atom. The third-order valence-corrected chi connectivity index (χ3v) is 15.9. The third-order valence-electron chi connectivity index (χ3n) is 11.3. The van der Waals surface area contributed by atoms with Crippen LogP contribution in [-0.2, 0) is 14.0 Å². The first kappa shape index (κ1) is 25.5. The quantitative estimate of drug-likeness (QED) is 0.562. The molecular formula is C27H46O5Si. The summed E-state index contributed by atoms with van der Waals surface area (Å²) in [6, 6.07) is 0. The minimum atomic E-state index is -1.83. The first-order valence-electron chi connectivity index (χ1n) is 13.2. The van der Waals surface area contributed by atoms with Crippen LogP contribution in [0, 0.1) is 34.5 Å². The van der Waals surface area contributed by atoms with Gasteiger partial charge in [-0.3, -0.25) is 9.59 Å². The summed E-state index contributed by atoms with van der Waals surface area (Å²) in [5.41, 5.74) is -2.34. The van der Waals surface area contributed by atoms with Crippen molar-refractivity contribution in [2.45, 2.75) is 116 Å². The molecule has 4 aliphatic rings. The van der Waals surface area contributed by atoms with Crippen LogP contribution in [0.2, 0.25) is 18.1 Å². The molecule has 8 unspecified atom stereocenters. The lowest BCUT2D eigenvalue weighted by Crippen LogP contribution is -2.62. The average molecular weight is 479 g/mol. The van der Waals surface area contributed by atoms with E-state index in [1.165, 1.54) is 0 Å². The summed E-state index contributed by atoms with van der Waals surface area (Å²) in [6.07, 6.45) is 6.87. The summed E-state index contributed by atoms with van der Waals surface area (Å²) in [5.74, 6) is 0.642. The lowest BCUT2D eigenvalue weighted by atomic mass is 9.44. The number of rotatable bonds is 4. The number of aliphatic hydroxyl groups is 2. The second-order valence-electron chi connectivity index (χ2n) is 13.8. The van der Waals surface area contributed by atoms with Gasteiger partial charge in [-0.25, -0.2) is 0 Å². The van der Waals surface area contributed by atoms with Crippen LogP contribution in [-0.4, -0.2) is 48.4 Å². The van der Waals surface area contributed by atoms with E-state index >= 15 is 0 Å². The van der Waals surface area contributed by atoms with E-state index in [1.807, 2.05) is 6.92 Å². The fourth-order valence-corrected chi connectivity index (χ4v) is 9.73. The molecular weight excluding hydrogens is 432 g/mol. The smallest absolute Gasteiger partial charge is 0.192 e. The Morgan fingerprint density at radius 2 is 1.79 bits per heavy atom. The SMILES string of the molecule is CC12CCC(O[Si](C)(C)C(C)(C)C)CC1CCC1C2C(=O)CC2(C)C1CCC2(O)C(=O)CO. The predicted octanol–water partition coefficient (Wildman–Crippen LogP) is 4.89. The van der Waals surface area contributed by atoms with E-state index in [-0.39, 0.29) is 40.4 Å². The van der Waals surface area contributed by atoms with Gasteiger partial charge in [0.1, 0.15) is 18.0 Å². The van der Waals surface area contributed by atoms with E-state index in [0.717, 1.165) is 38.5 Å². The Balaban J connectivity index is 1.56. The second-order valence-corrected chi connectivity index (χ2v) is 18.6. The molecule has 5 nitrogen and oxygen atoms in total. The summed E-state index contributed by atoms with van der Waals surface area (Å²) < 4.78 is 6.81. The van der Waals surface area contributed by atoms with Crippen LogP contribution in [0.5, 0.6) is 0 Å². The molecule has 0 spiro atoms. The number of ketones is 2. The standard InChI is InChI=1S/C27H46O5Si/c1-24(2,3)33(6,7)32-18-10-12-25(4)17(14-18)8-9-19-20-11-13-27(31,22(30)16-28)26(20,5)15-21(29)23(19)25/h17-20,23,28,31H,8-16H2,1-7H3. The first-order valence-corrected chi connectivity index (χ1v) is 16.1. The number of carbonyl (C=O) groups is 2. The molecule has 0 amide bonds. The lowest BCUT2D eigenvalue weighted by molar-refractivity contribution is -0.179. The van der Waals surface area contributed by atoms with E-state index in [9.17, 15) is 19.8 Å². The highest BCUT2D eigenvalue weighted by molar-refractivity contribution is 6.74. The van der Waals surface area contributed by atoms with Gasteiger partial charge in [0.25, 0.3) is 0 Å². The molecule has 0 bridgehead atoms. The number of Topliss-reactive ketones (excluding diaryl/α,β-unsaturated/α-hetero) is 2. The van der Waals surface area contributed by atoms with Crippen LogP contribution in [0.25, 0.3) is 0 Å². The maximum absolute atomic E-state index is 13.8. The molecule has 4 saturated carbocycles. The van der Waals surface area contributed by atoms with Gasteiger partial charge in [-0.05, 0) is 86.2 Å². The summed E-state index contributed by atoms with van der Waals surface area (Å²) in [4.78, 5) is 26.3. The van der Waals surface area contributed by atoms with Crippen molar-refractivity contribution in [1.82, 2.24) is 0 Å². The van der Waals surface area contributed by atoms with Crippen molar-refractivity contribution < 1.29 is 24.2 Å². The highest BCUT2D eigenvalue weighted by Crippen LogP contribution is 2.67. The van der Waals surface area contributed by atoms with Crippen LogP contribution in [0.1, 0.15) is 86.0 Å². The van der Waals surface area contributed by atoms with Gasteiger partial charge in [-0.2, -0.15) is 0 Å². The van der Waals surface area contributed by atoms with Crippen LogP contribution in [0.15, 0.2) is 0 Å². The highest BCUT2D eigenvalue weighted by atomic mass is 28.4. The minimum absolute atomic E-state index is 0.0175. The van der Waals surface area contributed by atoms with Crippen molar-refractivity contribution in [2.75, 3.05) is 6.61 Å². The van der Waals surface area contributed by atoms with E-state index in [0.29, 0.717) is 18.4 Å². The van der Waals surface area contributed by atoms with Crippen molar-refractivity contribution in [3.05, 3.63) is 0 Å². The number of aliphatic hydroxyl groups excluding tert-OH is 1. The molecule has 0 aromatic carbocycles. The third kappa shape index (κ3) is 3.65. The minimum Gasteiger partial charge on any atom is -0.414 e. The largest absolute Gasteiger partial charge is 0.414 e. The van der Waals surface area contributed by atoms with Crippen molar-refractivity contribution in [3.8, 4) is 0 Å². The van der Waals surface area contributed by atoms with Crippen LogP contribution in [0.3, 0.4) is 0 Å². The molecule has 0 radical (unpaired) electrons. The van der Waals surface area contributed by atoms with Gasteiger partial charge in [0.15, 0.2) is 14.1 Å². The van der Waals surface area contributed by atoms with Gasteiger partial charge in [0.2, 0.25) is 0 Å². The molecule has 4 rings (SSSR count). The fourth-order valence-electron chi connectivity index (χ4n) is 8.33. The van der Waals surface area contributed by atoms with Crippen LogP contribution in [0.4, 0.5) is 0 Å². The topological polar surface area (TPSA) is 83.8 Å². The van der Waals surface area contributed by atoms with Gasteiger partial charge >= 0.3 is 0 Å². The van der Waals surface area contributed by atoms with Crippen molar-refractivity contribution >= 4 is 19.9 Å². The molecule has 8 atom stereocenters. The fraction of sp³-hybridized carbons (Fsp3) is 0.926. The Morgan fingerprint density at radius 1 is 1.12 bits per heavy atom. The maximum atomic E-state index is 13.8. The van der Waals surface area contributed by atoms with Gasteiger partial charge in [-0.1, -0.05) is 34.6 Å². The first-order chi connectivity index (χ1) is 15.1. The van der Waals surface area contributed by atoms with Gasteiger partial charge in [-0.15, -0.1) is 0 Å². The lowest BCUT2D eigenvalue weighted by Gasteiger charge is -2.60. The molecule has 33 heavy (non-hydrogen) atoms. The van der Waals surface area contributed by atoms with Crippen molar-refractivity contribution in [2.24, 2.45) is 34.5 Å². The molecule has 188 valence electrons. The molecule has 0 heterocycles. The zero-order chi connectivity index (χ0) is 24.6. The molecule has 6 heteroatoms. The zero-order valence-electron chi connectivity index (χ0n) is 21.9. The summed E-state index contributed by atoms with van der Waals surface area (Å²) in [5, 5.41) is 21.1. The summed E-state index contributed by atoms with van der Waals surface area (Å²) in [6.45, 7) is 15.2. The Hall–Kier alpha value is -0.563. The molecule has 2 N–H and O–H groups in total. The molecule has 0 aliphatic heterocycles. The van der Waals surface area contributed by atoms with Gasteiger partial charge in [0, 0.05) is 23.9 Å². The predicted molar refractivity (Wildman–Crippen MR) is 131 cm³/mol. The second kappa shape index (κ2) is 7.97. The Kier molecular flexibility index (Phi) is 6.17. The molecule has 4 fully saturated rings. The molecule has 0 aromatic heterocycles. The molecule has 0 aromatic rings. The molecule has 4 aliphatic carbocycles. The summed E-state index contributed by atoms with van der Waals surface area (Å²) >= 11 is 0. The number of carbonyl (C=O) groups excluding carboxylic acids is 2. The van der Waals surface area contributed by atoms with Crippen molar-refractivity contribution in [1.29, 1.82) is 0 Å². The van der Waals surface area contributed by atoms with E-state index in [4.69, 9.17) is 4.43 Å². The van der Waals surface area contributed by atoms with Gasteiger partial charge in [0.05, 0.1) is 0 Å². The number of hydrogen-bond donors (Lipinski definition) is 2. The Bertz CT molecular complexity index is 818. The average Bonchev–Trinajstić information content (AvgIpc) is 2.97. The van der Waals surface area contributed by atoms with Gasteiger partial charge < -0.3 is 14.6 Å².